The molecular formula is H3AlO3PSiTi. The van der Waals surface area contributed by atoms with Crippen LogP contribution in [0.1, 0.15) is 0 Å². The van der Waals surface area contributed by atoms with Crippen molar-refractivity contribution in [1.82, 2.24) is 0 Å². The Labute approximate surface area is 73.2 Å². The second-order valence-electron chi connectivity index (χ2n) is 0.268. The van der Waals surface area contributed by atoms with Gasteiger partial charge in [0.15, 0.2) is 0 Å². The van der Waals surface area contributed by atoms with Crippen LogP contribution in [0.3, 0.4) is 0 Å². The molecule has 0 rings (SSSR count). The van der Waals surface area contributed by atoms with E-state index >= 15 is 0 Å². The summed E-state index contributed by atoms with van der Waals surface area (Å²) in [6.07, 6.45) is 0. The first kappa shape index (κ1) is 23.3. The van der Waals surface area contributed by atoms with Gasteiger partial charge < -0.3 is 14.7 Å². The van der Waals surface area contributed by atoms with Crippen molar-refractivity contribution in [3.05, 3.63) is 0 Å². The van der Waals surface area contributed by atoms with Gasteiger partial charge in [-0.1, -0.05) is 0 Å². The van der Waals surface area contributed by atoms with Gasteiger partial charge in [0.2, 0.25) is 0 Å². The van der Waals surface area contributed by atoms with Crippen LogP contribution >= 0.6 is 8.60 Å². The first-order valence-electron chi connectivity index (χ1n) is 0.600. The molecule has 0 aromatic heterocycles. The minimum Gasteiger partial charge on any atom is -0.328 e. The van der Waals surface area contributed by atoms with Crippen molar-refractivity contribution >= 4 is 36.9 Å². The van der Waals surface area contributed by atoms with Gasteiger partial charge in [0.25, 0.3) is 0 Å². The van der Waals surface area contributed by atoms with Gasteiger partial charge in [0.1, 0.15) is 0 Å². The Morgan fingerprint density at radius 2 is 1.00 bits per heavy atom. The quantitative estimate of drug-likeness (QED) is 0.315. The van der Waals surface area contributed by atoms with Crippen molar-refractivity contribution in [1.29, 1.82) is 0 Å². The summed E-state index contributed by atoms with van der Waals surface area (Å²) in [4.78, 5) is 21.7. The summed E-state index contributed by atoms with van der Waals surface area (Å²) in [5.41, 5.74) is 0. The molecule has 0 heterocycles. The second-order valence-corrected chi connectivity index (χ2v) is 0.805. The van der Waals surface area contributed by atoms with E-state index < -0.39 is 8.60 Å². The minimum absolute atomic E-state index is 0. The molecule has 37 valence electrons. The normalized spacial score (nSPS) is 5.14. The average molecular weight is 185 g/mol. The summed E-state index contributed by atoms with van der Waals surface area (Å²) in [7, 11) is -2.62. The second kappa shape index (κ2) is 15.7. The Morgan fingerprint density at radius 1 is 1.00 bits per heavy atom. The van der Waals surface area contributed by atoms with E-state index in [1.807, 2.05) is 0 Å². The molecule has 0 aromatic carbocycles. The monoisotopic (exact) mass is 185 g/mol. The van der Waals surface area contributed by atoms with Crippen LogP contribution in [0.15, 0.2) is 0 Å². The van der Waals surface area contributed by atoms with E-state index in [9.17, 15) is 0 Å². The molecule has 0 fully saturated rings. The minimum atomic E-state index is -2.62. The Bertz CT molecular complexity index is 19.7. The van der Waals surface area contributed by atoms with Gasteiger partial charge >= 0.3 is 8.60 Å². The maximum absolute atomic E-state index is 7.23. The SMILES string of the molecule is OP(O)O.[Al].[Si].[Ti]. The van der Waals surface area contributed by atoms with Gasteiger partial charge in [-0.2, -0.15) is 0 Å². The summed E-state index contributed by atoms with van der Waals surface area (Å²) in [6, 6.07) is 0. The van der Waals surface area contributed by atoms with Crippen molar-refractivity contribution < 1.29 is 36.4 Å². The van der Waals surface area contributed by atoms with E-state index in [0.717, 1.165) is 0 Å². The van der Waals surface area contributed by atoms with Crippen LogP contribution in [0.4, 0.5) is 0 Å². The first-order valence-corrected chi connectivity index (χ1v) is 1.80. The smallest absolute Gasteiger partial charge is 0.324 e. The molecule has 7 radical (unpaired) electrons. The van der Waals surface area contributed by atoms with Gasteiger partial charge in [0.05, 0.1) is 0 Å². The van der Waals surface area contributed by atoms with Crippen LogP contribution in [-0.4, -0.2) is 43.0 Å². The number of rotatable bonds is 0. The molecule has 0 atom stereocenters. The topological polar surface area (TPSA) is 60.7 Å². The van der Waals surface area contributed by atoms with Crippen LogP contribution in [0.2, 0.25) is 0 Å². The van der Waals surface area contributed by atoms with Crippen molar-refractivity contribution in [3.8, 4) is 0 Å². The van der Waals surface area contributed by atoms with Gasteiger partial charge in [-0.15, -0.1) is 0 Å². The standard InChI is InChI=1S/Al.H3O3P.Si.Ti/c;1-4(2)3;;/h;1-3H;;. The Kier molecular flexibility index (Phi) is 52.0. The van der Waals surface area contributed by atoms with Crippen molar-refractivity contribution in [2.75, 3.05) is 0 Å². The van der Waals surface area contributed by atoms with E-state index in [4.69, 9.17) is 14.7 Å². The number of hydrogen-bond acceptors (Lipinski definition) is 3. The molecule has 0 saturated carbocycles. The predicted molar refractivity (Wildman–Crippen MR) is 25.1 cm³/mol. The zero-order chi connectivity index (χ0) is 3.58. The third kappa shape index (κ3) is 82.4. The Morgan fingerprint density at radius 3 is 1.00 bits per heavy atom. The van der Waals surface area contributed by atoms with E-state index in [-0.39, 0.29) is 50.0 Å². The van der Waals surface area contributed by atoms with Crippen molar-refractivity contribution in [2.24, 2.45) is 0 Å². The molecule has 7 heteroatoms. The largest absolute Gasteiger partial charge is 0.328 e. The average Bonchev–Trinajstić information content (AvgIpc) is 0.811. The van der Waals surface area contributed by atoms with Gasteiger partial charge in [-0.05, 0) is 0 Å². The summed E-state index contributed by atoms with van der Waals surface area (Å²) in [5, 5.41) is 0. The Hall–Kier alpha value is 1.77. The molecular weight excluding hydrogens is 182 g/mol. The van der Waals surface area contributed by atoms with Crippen molar-refractivity contribution in [3.63, 3.8) is 0 Å². The summed E-state index contributed by atoms with van der Waals surface area (Å²) >= 11 is 0. The Balaban J connectivity index is -0.0000000150. The summed E-state index contributed by atoms with van der Waals surface area (Å²) in [6.45, 7) is 0. The van der Waals surface area contributed by atoms with Crippen LogP contribution < -0.4 is 0 Å². The molecule has 0 bridgehead atoms. The van der Waals surface area contributed by atoms with Gasteiger partial charge in [-0.25, -0.2) is 0 Å². The van der Waals surface area contributed by atoms with Crippen LogP contribution in [0, 0.1) is 0 Å². The molecule has 0 aliphatic rings. The zero-order valence-electron chi connectivity index (χ0n) is 3.37. The van der Waals surface area contributed by atoms with E-state index in [1.54, 1.807) is 0 Å². The molecule has 0 aromatic rings. The maximum atomic E-state index is 7.23. The molecule has 0 aliphatic heterocycles. The fourth-order valence-corrected chi connectivity index (χ4v) is 0. The fraction of sp³-hybridized carbons (Fsp3) is 0. The molecule has 0 amide bonds. The van der Waals surface area contributed by atoms with E-state index in [2.05, 4.69) is 0 Å². The zero-order valence-corrected chi connectivity index (χ0v) is 7.98. The van der Waals surface area contributed by atoms with Gasteiger partial charge in [0, 0.05) is 50.0 Å². The molecule has 7 heavy (non-hydrogen) atoms. The van der Waals surface area contributed by atoms with Gasteiger partial charge in [-0.3, -0.25) is 0 Å². The van der Waals surface area contributed by atoms with Crippen molar-refractivity contribution in [2.45, 2.75) is 0 Å². The van der Waals surface area contributed by atoms with Crippen LogP contribution in [0.5, 0.6) is 0 Å². The van der Waals surface area contributed by atoms with Crippen LogP contribution in [0.25, 0.3) is 0 Å². The third-order valence-corrected chi connectivity index (χ3v) is 0. The summed E-state index contributed by atoms with van der Waals surface area (Å²) in [5.74, 6) is 0. The maximum Gasteiger partial charge on any atom is 0.324 e. The third-order valence-electron chi connectivity index (χ3n) is 0. The molecule has 0 aliphatic carbocycles. The molecule has 3 nitrogen and oxygen atoms in total. The van der Waals surface area contributed by atoms with E-state index in [0.29, 0.717) is 0 Å². The number of hydrogen-bond donors (Lipinski definition) is 3. The molecule has 0 spiro atoms. The molecule has 0 unspecified atom stereocenters. The first-order chi connectivity index (χ1) is 1.73. The van der Waals surface area contributed by atoms with Crippen LogP contribution in [-0.2, 0) is 21.7 Å². The molecule has 0 saturated heterocycles. The van der Waals surface area contributed by atoms with E-state index in [1.165, 1.54) is 0 Å². The summed E-state index contributed by atoms with van der Waals surface area (Å²) < 4.78 is 0. The molecule has 3 N–H and O–H groups in total. The predicted octanol–water partition coefficient (Wildman–Crippen LogP) is -1.57. The fourth-order valence-electron chi connectivity index (χ4n) is 0.